The summed E-state index contributed by atoms with van der Waals surface area (Å²) in [6.07, 6.45) is 1.73. The van der Waals surface area contributed by atoms with Gasteiger partial charge in [0.2, 0.25) is 5.89 Å². The highest BCUT2D eigenvalue weighted by Gasteiger charge is 2.27. The first-order chi connectivity index (χ1) is 11.3. The Bertz CT molecular complexity index is 710. The number of carbonyl (C=O) groups excluding carboxylic acids is 1. The summed E-state index contributed by atoms with van der Waals surface area (Å²) in [7, 11) is 0. The van der Waals surface area contributed by atoms with Gasteiger partial charge in [-0.05, 0) is 24.9 Å². The van der Waals surface area contributed by atoms with E-state index in [1.807, 2.05) is 27.7 Å². The number of hydrogen-bond acceptors (Lipinski definition) is 7. The number of aromatic nitrogens is 3. The maximum Gasteiger partial charge on any atom is 0.266 e. The lowest BCUT2D eigenvalue weighted by molar-refractivity contribution is 0.0934. The number of piperidine rings is 1. The Morgan fingerprint density at radius 1 is 1.38 bits per heavy atom. The highest BCUT2D eigenvalue weighted by Crippen LogP contribution is 2.24. The van der Waals surface area contributed by atoms with Crippen LogP contribution in [0.2, 0.25) is 0 Å². The molecule has 0 aromatic carbocycles. The molecule has 3 heterocycles. The van der Waals surface area contributed by atoms with Gasteiger partial charge in [0, 0.05) is 24.5 Å². The third-order valence-corrected chi connectivity index (χ3v) is 5.05. The Hall–Kier alpha value is -1.96. The van der Waals surface area contributed by atoms with E-state index in [4.69, 9.17) is 4.52 Å². The van der Waals surface area contributed by atoms with E-state index in [9.17, 15) is 4.79 Å². The Balaban J connectivity index is 1.55. The zero-order valence-corrected chi connectivity index (χ0v) is 15.3. The van der Waals surface area contributed by atoms with Crippen LogP contribution >= 0.6 is 11.3 Å². The van der Waals surface area contributed by atoms with Crippen LogP contribution in [-0.4, -0.2) is 40.2 Å². The molecule has 7 nitrogen and oxygen atoms in total. The Labute approximate surface area is 145 Å². The smallest absolute Gasteiger partial charge is 0.266 e. The molecular formula is C16H23N5O2S. The van der Waals surface area contributed by atoms with Gasteiger partial charge >= 0.3 is 0 Å². The molecular weight excluding hydrogens is 326 g/mol. The van der Waals surface area contributed by atoms with Gasteiger partial charge in [-0.1, -0.05) is 20.8 Å². The molecule has 2 aromatic rings. The van der Waals surface area contributed by atoms with Gasteiger partial charge in [-0.2, -0.15) is 4.98 Å². The maximum atomic E-state index is 12.3. The summed E-state index contributed by atoms with van der Waals surface area (Å²) in [5, 5.41) is 7.19. The molecule has 24 heavy (non-hydrogen) atoms. The van der Waals surface area contributed by atoms with Crippen LogP contribution in [0.4, 0.5) is 5.95 Å². The van der Waals surface area contributed by atoms with Gasteiger partial charge in [-0.3, -0.25) is 4.79 Å². The number of carbonyl (C=O) groups is 1. The molecule has 130 valence electrons. The molecule has 3 rings (SSSR count). The van der Waals surface area contributed by atoms with Crippen LogP contribution in [0.1, 0.15) is 54.9 Å². The van der Waals surface area contributed by atoms with E-state index in [-0.39, 0.29) is 17.4 Å². The van der Waals surface area contributed by atoms with Crippen LogP contribution in [0.3, 0.4) is 0 Å². The van der Waals surface area contributed by atoms with Crippen LogP contribution < -0.4 is 10.2 Å². The van der Waals surface area contributed by atoms with Crippen LogP contribution in [0, 0.1) is 6.92 Å². The number of anilines is 1. The quantitative estimate of drug-likeness (QED) is 0.917. The fourth-order valence-electron chi connectivity index (χ4n) is 2.64. The minimum atomic E-state index is -0.149. The standard InChI is InChI=1S/C16H23N5O2S/c1-10-12(24-9-17-10)13(22)18-11-5-7-21(8-6-11)15-19-14(23-20-15)16(2,3)4/h9,11H,5-8H2,1-4H3,(H,18,22). The van der Waals surface area contributed by atoms with Crippen molar-refractivity contribution in [1.82, 2.24) is 20.4 Å². The van der Waals surface area contributed by atoms with Gasteiger partial charge in [0.15, 0.2) is 0 Å². The fraction of sp³-hybridized carbons (Fsp3) is 0.625. The van der Waals surface area contributed by atoms with E-state index < -0.39 is 0 Å². The number of rotatable bonds is 3. The molecule has 0 unspecified atom stereocenters. The van der Waals surface area contributed by atoms with Crippen molar-refractivity contribution in [1.29, 1.82) is 0 Å². The summed E-state index contributed by atoms with van der Waals surface area (Å²) >= 11 is 1.38. The SMILES string of the molecule is Cc1ncsc1C(=O)NC1CCN(c2noc(C(C)(C)C)n2)CC1. The number of nitrogens with one attached hydrogen (secondary N) is 1. The van der Waals surface area contributed by atoms with Crippen LogP contribution in [0.25, 0.3) is 0 Å². The fourth-order valence-corrected chi connectivity index (χ4v) is 3.35. The van der Waals surface area contributed by atoms with Gasteiger partial charge in [0.25, 0.3) is 11.9 Å². The van der Waals surface area contributed by atoms with Crippen molar-refractivity contribution in [3.63, 3.8) is 0 Å². The van der Waals surface area contributed by atoms with Crippen LogP contribution in [0.15, 0.2) is 10.0 Å². The van der Waals surface area contributed by atoms with Gasteiger partial charge < -0.3 is 14.7 Å². The van der Waals surface area contributed by atoms with Crippen molar-refractivity contribution < 1.29 is 9.32 Å². The zero-order chi connectivity index (χ0) is 17.3. The van der Waals surface area contributed by atoms with Crippen LogP contribution in [0.5, 0.6) is 0 Å². The van der Waals surface area contributed by atoms with E-state index >= 15 is 0 Å². The Morgan fingerprint density at radius 2 is 2.08 bits per heavy atom. The third kappa shape index (κ3) is 3.58. The number of hydrogen-bond donors (Lipinski definition) is 1. The normalized spacial score (nSPS) is 16.4. The maximum absolute atomic E-state index is 12.3. The third-order valence-electron chi connectivity index (χ3n) is 4.12. The summed E-state index contributed by atoms with van der Waals surface area (Å²) in [4.78, 5) is 23.7. The molecule has 1 aliphatic rings. The summed E-state index contributed by atoms with van der Waals surface area (Å²) < 4.78 is 5.36. The predicted octanol–water partition coefficient (Wildman–Crippen LogP) is 2.53. The topological polar surface area (TPSA) is 84.2 Å². The zero-order valence-electron chi connectivity index (χ0n) is 14.5. The average molecular weight is 349 g/mol. The minimum absolute atomic E-state index is 0.0250. The van der Waals surface area contributed by atoms with Gasteiger partial charge in [0.05, 0.1) is 11.2 Å². The minimum Gasteiger partial charge on any atom is -0.348 e. The monoisotopic (exact) mass is 349 g/mol. The van der Waals surface area contributed by atoms with E-state index in [0.717, 1.165) is 31.6 Å². The Morgan fingerprint density at radius 3 is 2.62 bits per heavy atom. The van der Waals surface area contributed by atoms with Crippen molar-refractivity contribution in [3.8, 4) is 0 Å². The molecule has 1 fully saturated rings. The molecule has 1 N–H and O–H groups in total. The largest absolute Gasteiger partial charge is 0.348 e. The lowest BCUT2D eigenvalue weighted by atomic mass is 9.97. The lowest BCUT2D eigenvalue weighted by Crippen LogP contribution is -2.45. The highest BCUT2D eigenvalue weighted by molar-refractivity contribution is 7.11. The van der Waals surface area contributed by atoms with E-state index in [0.29, 0.717) is 16.7 Å². The molecule has 0 saturated carbocycles. The molecule has 1 saturated heterocycles. The van der Waals surface area contributed by atoms with Crippen molar-refractivity contribution in [3.05, 3.63) is 22.0 Å². The number of aryl methyl sites for hydroxylation is 1. The predicted molar refractivity (Wildman–Crippen MR) is 92.6 cm³/mol. The van der Waals surface area contributed by atoms with E-state index in [1.165, 1.54) is 11.3 Å². The second kappa shape index (κ2) is 6.51. The molecule has 0 spiro atoms. The molecule has 2 aromatic heterocycles. The molecule has 0 bridgehead atoms. The van der Waals surface area contributed by atoms with Crippen molar-refractivity contribution in [2.75, 3.05) is 18.0 Å². The first kappa shape index (κ1) is 16.9. The van der Waals surface area contributed by atoms with E-state index in [1.54, 1.807) is 5.51 Å². The molecule has 1 aliphatic heterocycles. The average Bonchev–Trinajstić information content (AvgIpc) is 3.16. The summed E-state index contributed by atoms with van der Waals surface area (Å²) in [5.41, 5.74) is 2.34. The molecule has 8 heteroatoms. The second-order valence-electron chi connectivity index (χ2n) is 7.15. The lowest BCUT2D eigenvalue weighted by Gasteiger charge is -2.31. The van der Waals surface area contributed by atoms with Crippen LogP contribution in [-0.2, 0) is 5.41 Å². The molecule has 1 amide bonds. The van der Waals surface area contributed by atoms with Crippen molar-refractivity contribution in [2.24, 2.45) is 0 Å². The number of nitrogens with zero attached hydrogens (tertiary/aromatic N) is 4. The Kier molecular flexibility index (Phi) is 4.58. The van der Waals surface area contributed by atoms with Crippen molar-refractivity contribution >= 4 is 23.2 Å². The van der Waals surface area contributed by atoms with E-state index in [2.05, 4.69) is 25.3 Å². The summed E-state index contributed by atoms with van der Waals surface area (Å²) in [5.74, 6) is 1.26. The number of amides is 1. The van der Waals surface area contributed by atoms with Gasteiger partial charge in [-0.25, -0.2) is 4.98 Å². The highest BCUT2D eigenvalue weighted by atomic mass is 32.1. The first-order valence-corrected chi connectivity index (χ1v) is 9.02. The molecule has 0 radical (unpaired) electrons. The second-order valence-corrected chi connectivity index (χ2v) is 8.01. The number of thiazole rings is 1. The summed E-state index contributed by atoms with van der Waals surface area (Å²) in [6.45, 7) is 9.61. The van der Waals surface area contributed by atoms with Gasteiger partial charge in [-0.15, -0.1) is 11.3 Å². The molecule has 0 aliphatic carbocycles. The first-order valence-electron chi connectivity index (χ1n) is 8.14. The molecule has 0 atom stereocenters. The van der Waals surface area contributed by atoms with Crippen molar-refractivity contribution in [2.45, 2.75) is 52.0 Å². The summed E-state index contributed by atoms with van der Waals surface area (Å²) in [6, 6.07) is 0.171. The van der Waals surface area contributed by atoms with Gasteiger partial charge in [0.1, 0.15) is 4.88 Å².